The summed E-state index contributed by atoms with van der Waals surface area (Å²) >= 11 is 0. The zero-order valence-electron chi connectivity index (χ0n) is 12.0. The summed E-state index contributed by atoms with van der Waals surface area (Å²) in [6.07, 6.45) is 5.33. The van der Waals surface area contributed by atoms with Crippen LogP contribution in [0.5, 0.6) is 0 Å². The normalized spacial score (nSPS) is 14.2. The van der Waals surface area contributed by atoms with Crippen molar-refractivity contribution in [3.05, 3.63) is 34.1 Å². The first-order valence-electron chi connectivity index (χ1n) is 7.17. The Kier molecular flexibility index (Phi) is 2.51. The van der Waals surface area contributed by atoms with Crippen molar-refractivity contribution < 1.29 is 0 Å². The highest BCUT2D eigenvalue weighted by Gasteiger charge is 2.23. The highest BCUT2D eigenvalue weighted by Crippen LogP contribution is 2.30. The molecule has 7 heteroatoms. The molecule has 0 amide bonds. The van der Waals surface area contributed by atoms with Crippen molar-refractivity contribution in [3.63, 3.8) is 0 Å². The van der Waals surface area contributed by atoms with E-state index in [9.17, 15) is 4.79 Å². The molecule has 1 aliphatic heterocycles. The molecule has 0 spiro atoms. The van der Waals surface area contributed by atoms with Gasteiger partial charge in [-0.2, -0.15) is 19.7 Å². The highest BCUT2D eigenvalue weighted by molar-refractivity contribution is 5.67. The van der Waals surface area contributed by atoms with Gasteiger partial charge in [-0.05, 0) is 18.8 Å². The molecule has 108 valence electrons. The molecule has 0 unspecified atom stereocenters. The van der Waals surface area contributed by atoms with Crippen LogP contribution in [0.3, 0.4) is 0 Å². The van der Waals surface area contributed by atoms with Gasteiger partial charge in [0.25, 0.3) is 5.56 Å². The van der Waals surface area contributed by atoms with E-state index in [0.717, 1.165) is 36.2 Å². The lowest BCUT2D eigenvalue weighted by atomic mass is 9.98. The quantitative estimate of drug-likeness (QED) is 0.770. The van der Waals surface area contributed by atoms with Crippen LogP contribution in [0.1, 0.15) is 37.4 Å². The van der Waals surface area contributed by atoms with Crippen molar-refractivity contribution in [3.8, 4) is 11.3 Å². The van der Waals surface area contributed by atoms with E-state index in [4.69, 9.17) is 0 Å². The van der Waals surface area contributed by atoms with Gasteiger partial charge in [-0.1, -0.05) is 13.8 Å². The van der Waals surface area contributed by atoms with Crippen molar-refractivity contribution in [2.24, 2.45) is 0 Å². The van der Waals surface area contributed by atoms with E-state index in [1.807, 2.05) is 24.7 Å². The van der Waals surface area contributed by atoms with Gasteiger partial charge in [0.05, 0.1) is 11.9 Å². The van der Waals surface area contributed by atoms with E-state index in [1.54, 1.807) is 0 Å². The van der Waals surface area contributed by atoms with Crippen molar-refractivity contribution in [1.82, 2.24) is 29.4 Å². The molecule has 3 aromatic heterocycles. The number of nitrogens with zero attached hydrogens (tertiary/aromatic N) is 5. The van der Waals surface area contributed by atoms with E-state index in [-0.39, 0.29) is 11.5 Å². The standard InChI is InChI=1S/C14H16N6O/c1-8(2)11-12(9-6-16-19-5-3-4-10(9)19)18-14-15-7-17-20(14)13(11)21/h6-8H,3-5H2,1-2H3,(H,15,17,18). The molecule has 0 saturated heterocycles. The number of hydrogen-bond acceptors (Lipinski definition) is 4. The van der Waals surface area contributed by atoms with Gasteiger partial charge in [0.15, 0.2) is 0 Å². The Morgan fingerprint density at radius 3 is 3.00 bits per heavy atom. The highest BCUT2D eigenvalue weighted by atomic mass is 16.1. The maximum Gasteiger partial charge on any atom is 0.279 e. The molecule has 0 aromatic carbocycles. The molecule has 3 aromatic rings. The van der Waals surface area contributed by atoms with Crippen LogP contribution in [0.2, 0.25) is 0 Å². The van der Waals surface area contributed by atoms with Crippen molar-refractivity contribution in [2.75, 3.05) is 0 Å². The van der Waals surface area contributed by atoms with Gasteiger partial charge in [0, 0.05) is 23.4 Å². The first-order chi connectivity index (χ1) is 10.2. The van der Waals surface area contributed by atoms with Crippen molar-refractivity contribution in [1.29, 1.82) is 0 Å². The van der Waals surface area contributed by atoms with Gasteiger partial charge in [-0.15, -0.1) is 0 Å². The van der Waals surface area contributed by atoms with Crippen LogP contribution < -0.4 is 5.56 Å². The van der Waals surface area contributed by atoms with Crippen molar-refractivity contribution >= 4 is 5.78 Å². The molecule has 0 saturated carbocycles. The number of fused-ring (bicyclic) bond motifs is 2. The summed E-state index contributed by atoms with van der Waals surface area (Å²) in [7, 11) is 0. The summed E-state index contributed by atoms with van der Waals surface area (Å²) in [5.74, 6) is 0.562. The lowest BCUT2D eigenvalue weighted by Gasteiger charge is -2.12. The average molecular weight is 284 g/mol. The maximum absolute atomic E-state index is 12.7. The monoisotopic (exact) mass is 284 g/mol. The smallest absolute Gasteiger partial charge is 0.279 e. The molecule has 0 bridgehead atoms. The third-order valence-electron chi connectivity index (χ3n) is 4.06. The first-order valence-corrected chi connectivity index (χ1v) is 7.17. The summed E-state index contributed by atoms with van der Waals surface area (Å²) in [6.45, 7) is 4.98. The molecule has 21 heavy (non-hydrogen) atoms. The third kappa shape index (κ3) is 1.66. The number of nitrogens with one attached hydrogen (secondary N) is 1. The Balaban J connectivity index is 2.07. The number of aryl methyl sites for hydroxylation is 1. The van der Waals surface area contributed by atoms with Crippen molar-refractivity contribution in [2.45, 2.75) is 39.2 Å². The molecule has 0 fully saturated rings. The average Bonchev–Trinajstić information content (AvgIpc) is 3.13. The van der Waals surface area contributed by atoms with Crippen LogP contribution in [0.15, 0.2) is 17.3 Å². The Morgan fingerprint density at radius 1 is 1.33 bits per heavy atom. The minimum atomic E-state index is -0.107. The van der Waals surface area contributed by atoms with Gasteiger partial charge in [-0.25, -0.2) is 0 Å². The number of aromatic nitrogens is 6. The lowest BCUT2D eigenvalue weighted by Crippen LogP contribution is -2.22. The molecule has 0 radical (unpaired) electrons. The number of hydrogen-bond donors (Lipinski definition) is 1. The molecule has 4 rings (SSSR count). The molecule has 1 N–H and O–H groups in total. The van der Waals surface area contributed by atoms with E-state index in [1.165, 1.54) is 16.5 Å². The summed E-state index contributed by atoms with van der Waals surface area (Å²) in [5, 5.41) is 8.42. The predicted octanol–water partition coefficient (Wildman–Crippen LogP) is 1.35. The second-order valence-electron chi connectivity index (χ2n) is 5.70. The molecular formula is C14H16N6O. The fraction of sp³-hybridized carbons (Fsp3) is 0.429. The molecule has 7 nitrogen and oxygen atoms in total. The number of H-pyrrole nitrogens is 1. The van der Waals surface area contributed by atoms with Crippen LogP contribution in [0.4, 0.5) is 0 Å². The van der Waals surface area contributed by atoms with Gasteiger partial charge in [0.2, 0.25) is 5.78 Å². The molecular weight excluding hydrogens is 268 g/mol. The zero-order valence-corrected chi connectivity index (χ0v) is 12.0. The van der Waals surface area contributed by atoms with Crippen LogP contribution in [-0.4, -0.2) is 29.4 Å². The molecule has 4 heterocycles. The van der Waals surface area contributed by atoms with Crippen LogP contribution in [0.25, 0.3) is 17.0 Å². The van der Waals surface area contributed by atoms with Crippen LogP contribution in [-0.2, 0) is 13.0 Å². The number of rotatable bonds is 2. The minimum Gasteiger partial charge on any atom is -0.323 e. The molecule has 0 aliphatic carbocycles. The third-order valence-corrected chi connectivity index (χ3v) is 4.06. The summed E-state index contributed by atoms with van der Waals surface area (Å²) < 4.78 is 3.34. The fourth-order valence-corrected chi connectivity index (χ4v) is 3.10. The van der Waals surface area contributed by atoms with E-state index in [0.29, 0.717) is 5.78 Å². The van der Waals surface area contributed by atoms with Gasteiger partial charge in [0.1, 0.15) is 6.33 Å². The number of aromatic amines is 1. The van der Waals surface area contributed by atoms with Crippen LogP contribution >= 0.6 is 0 Å². The van der Waals surface area contributed by atoms with E-state index in [2.05, 4.69) is 20.2 Å². The largest absolute Gasteiger partial charge is 0.323 e. The summed E-state index contributed by atoms with van der Waals surface area (Å²) in [6, 6.07) is 0. The zero-order chi connectivity index (χ0) is 14.6. The lowest BCUT2D eigenvalue weighted by molar-refractivity contribution is 0.656. The first kappa shape index (κ1) is 12.3. The van der Waals surface area contributed by atoms with Crippen LogP contribution in [0, 0.1) is 0 Å². The molecule has 1 aliphatic rings. The predicted molar refractivity (Wildman–Crippen MR) is 77.2 cm³/mol. The molecule has 0 atom stereocenters. The maximum atomic E-state index is 12.7. The second-order valence-corrected chi connectivity index (χ2v) is 5.70. The van der Waals surface area contributed by atoms with Gasteiger partial charge >= 0.3 is 0 Å². The van der Waals surface area contributed by atoms with E-state index >= 15 is 0 Å². The van der Waals surface area contributed by atoms with E-state index < -0.39 is 0 Å². The van der Waals surface area contributed by atoms with Gasteiger partial charge in [-0.3, -0.25) is 9.48 Å². The second kappa shape index (κ2) is 4.28. The summed E-state index contributed by atoms with van der Waals surface area (Å²) in [4.78, 5) is 20.0. The summed E-state index contributed by atoms with van der Waals surface area (Å²) in [5.41, 5.74) is 3.66. The topological polar surface area (TPSA) is 80.9 Å². The Labute approximate surface area is 120 Å². The van der Waals surface area contributed by atoms with Gasteiger partial charge < -0.3 is 4.98 Å². The Morgan fingerprint density at radius 2 is 2.19 bits per heavy atom. The fourth-order valence-electron chi connectivity index (χ4n) is 3.10. The Bertz CT molecular complexity index is 885. The Hall–Kier alpha value is -2.44. The SMILES string of the molecule is CC(C)c1c(-c2cnn3c2CCC3)[nH]c2ncnn2c1=O. The minimum absolute atomic E-state index is 0.0919.